The number of benzene rings is 3. The summed E-state index contributed by atoms with van der Waals surface area (Å²) < 4.78 is 3.31. The zero-order valence-corrected chi connectivity index (χ0v) is 17.8. The smallest absolute Gasteiger partial charge is 0.249 e. The van der Waals surface area contributed by atoms with Crippen LogP contribution in [-0.4, -0.2) is 15.5 Å². The third kappa shape index (κ3) is 3.83. The van der Waals surface area contributed by atoms with Crippen molar-refractivity contribution in [2.75, 3.05) is 0 Å². The Morgan fingerprint density at radius 1 is 1.03 bits per heavy atom. The Balaban J connectivity index is 1.69. The molecule has 146 valence electrons. The minimum Gasteiger partial charge on any atom is -0.366 e. The third-order valence-corrected chi connectivity index (χ3v) is 5.72. The van der Waals surface area contributed by atoms with E-state index in [-0.39, 0.29) is 0 Å². The van der Waals surface area contributed by atoms with Gasteiger partial charge in [0.05, 0.1) is 5.52 Å². The maximum absolute atomic E-state index is 11.7. The first-order valence-corrected chi connectivity index (χ1v) is 10.5. The van der Waals surface area contributed by atoms with E-state index < -0.39 is 5.91 Å². The molecule has 1 heterocycles. The molecular weight excluding hydrogens is 426 g/mol. The van der Waals surface area contributed by atoms with Gasteiger partial charge >= 0.3 is 0 Å². The Labute approximate surface area is 178 Å². The van der Waals surface area contributed by atoms with Crippen molar-refractivity contribution in [2.45, 2.75) is 26.3 Å². The molecule has 0 atom stereocenters. The van der Waals surface area contributed by atoms with E-state index >= 15 is 0 Å². The summed E-state index contributed by atoms with van der Waals surface area (Å²) in [5.41, 5.74) is 11.2. The van der Waals surface area contributed by atoms with Gasteiger partial charge in [0, 0.05) is 23.0 Å². The third-order valence-electron chi connectivity index (χ3n) is 5.08. The number of carbonyl (C=O) groups excluding carboxylic acids is 1. The summed E-state index contributed by atoms with van der Waals surface area (Å²) in [5.74, 6) is 0.682. The number of para-hydroxylation sites is 1. The zero-order chi connectivity index (χ0) is 20.4. The molecule has 2 N–H and O–H groups in total. The number of aromatic nitrogens is 2. The largest absolute Gasteiger partial charge is 0.366 e. The Kier molecular flexibility index (Phi) is 5.49. The highest BCUT2D eigenvalue weighted by molar-refractivity contribution is 9.10. The number of carbonyl (C=O) groups is 1. The highest BCUT2D eigenvalue weighted by Crippen LogP contribution is 2.27. The summed E-state index contributed by atoms with van der Waals surface area (Å²) in [7, 11) is 0. The summed E-state index contributed by atoms with van der Waals surface area (Å²) in [6.45, 7) is 2.92. The minimum absolute atomic E-state index is 0.413. The molecule has 4 rings (SSSR count). The van der Waals surface area contributed by atoms with Crippen molar-refractivity contribution in [2.24, 2.45) is 5.73 Å². The number of rotatable bonds is 6. The molecule has 0 bridgehead atoms. The van der Waals surface area contributed by atoms with E-state index in [2.05, 4.69) is 45.6 Å². The molecule has 0 fully saturated rings. The predicted octanol–water partition coefficient (Wildman–Crippen LogP) is 5.57. The number of aryl methyl sites for hydroxylation is 1. The number of hydrogen-bond donors (Lipinski definition) is 1. The van der Waals surface area contributed by atoms with Crippen LogP contribution in [0.15, 0.2) is 71.2 Å². The molecule has 4 aromatic rings. The zero-order valence-electron chi connectivity index (χ0n) is 16.2. The molecule has 29 heavy (non-hydrogen) atoms. The molecule has 0 radical (unpaired) electrons. The lowest BCUT2D eigenvalue weighted by atomic mass is 9.98. The quantitative estimate of drug-likeness (QED) is 0.420. The van der Waals surface area contributed by atoms with Gasteiger partial charge in [-0.3, -0.25) is 4.79 Å². The Morgan fingerprint density at radius 3 is 2.52 bits per heavy atom. The first-order chi connectivity index (χ1) is 14.1. The Bertz CT molecular complexity index is 1180. The fraction of sp³-hybridized carbons (Fsp3) is 0.167. The van der Waals surface area contributed by atoms with E-state index in [9.17, 15) is 4.79 Å². The average molecular weight is 448 g/mol. The van der Waals surface area contributed by atoms with Crippen LogP contribution < -0.4 is 5.73 Å². The maximum Gasteiger partial charge on any atom is 0.249 e. The molecular formula is C24H22BrN3O. The number of amides is 1. The van der Waals surface area contributed by atoms with E-state index in [1.165, 1.54) is 5.56 Å². The van der Waals surface area contributed by atoms with Crippen molar-refractivity contribution in [3.63, 3.8) is 0 Å². The fourth-order valence-electron chi connectivity index (χ4n) is 3.67. The molecule has 0 spiro atoms. The first-order valence-electron chi connectivity index (χ1n) is 9.70. The lowest BCUT2D eigenvalue weighted by molar-refractivity contribution is 0.100. The van der Waals surface area contributed by atoms with Gasteiger partial charge < -0.3 is 10.3 Å². The minimum atomic E-state index is -0.413. The second-order valence-electron chi connectivity index (χ2n) is 7.08. The van der Waals surface area contributed by atoms with E-state index in [0.717, 1.165) is 51.8 Å². The summed E-state index contributed by atoms with van der Waals surface area (Å²) in [6, 6.07) is 21.9. The Morgan fingerprint density at radius 2 is 1.79 bits per heavy atom. The van der Waals surface area contributed by atoms with Gasteiger partial charge in [-0.25, -0.2) is 4.98 Å². The van der Waals surface area contributed by atoms with Crippen molar-refractivity contribution in [3.05, 3.63) is 88.2 Å². The molecule has 0 aliphatic rings. The molecule has 3 aromatic carbocycles. The van der Waals surface area contributed by atoms with E-state index in [0.29, 0.717) is 5.56 Å². The Hall–Kier alpha value is -2.92. The molecule has 0 aliphatic heterocycles. The van der Waals surface area contributed by atoms with Gasteiger partial charge in [-0.1, -0.05) is 55.5 Å². The van der Waals surface area contributed by atoms with Crippen LogP contribution in [0.1, 0.15) is 35.1 Å². The normalized spacial score (nSPS) is 11.1. The number of primary amides is 1. The van der Waals surface area contributed by atoms with Crippen LogP contribution in [0, 0.1) is 0 Å². The summed E-state index contributed by atoms with van der Waals surface area (Å²) in [6.07, 6.45) is 1.98. The summed E-state index contributed by atoms with van der Waals surface area (Å²) >= 11 is 3.62. The molecule has 0 aliphatic carbocycles. The lowest BCUT2D eigenvalue weighted by Crippen LogP contribution is -2.12. The summed E-state index contributed by atoms with van der Waals surface area (Å²) in [4.78, 5) is 16.6. The molecule has 0 saturated carbocycles. The fourth-order valence-corrected chi connectivity index (χ4v) is 4.12. The van der Waals surface area contributed by atoms with Crippen LogP contribution in [0.5, 0.6) is 0 Å². The predicted molar refractivity (Wildman–Crippen MR) is 121 cm³/mol. The van der Waals surface area contributed by atoms with Crippen molar-refractivity contribution in [1.29, 1.82) is 0 Å². The van der Waals surface area contributed by atoms with Gasteiger partial charge in [0.15, 0.2) is 0 Å². The number of hydrogen-bond acceptors (Lipinski definition) is 2. The number of imidazole rings is 1. The van der Waals surface area contributed by atoms with Gasteiger partial charge in [0.2, 0.25) is 5.91 Å². The van der Waals surface area contributed by atoms with Crippen LogP contribution in [0.2, 0.25) is 0 Å². The number of halogens is 1. The van der Waals surface area contributed by atoms with Crippen molar-refractivity contribution >= 4 is 32.9 Å². The highest BCUT2D eigenvalue weighted by Gasteiger charge is 2.13. The van der Waals surface area contributed by atoms with E-state index in [1.54, 1.807) is 6.07 Å². The van der Waals surface area contributed by atoms with Crippen molar-refractivity contribution in [1.82, 2.24) is 9.55 Å². The van der Waals surface area contributed by atoms with Crippen LogP contribution in [-0.2, 0) is 13.0 Å². The monoisotopic (exact) mass is 447 g/mol. The number of nitrogens with two attached hydrogens (primary N) is 1. The maximum atomic E-state index is 11.7. The van der Waals surface area contributed by atoms with E-state index in [1.807, 2.05) is 42.5 Å². The van der Waals surface area contributed by atoms with E-state index in [4.69, 9.17) is 10.7 Å². The molecule has 5 heteroatoms. The van der Waals surface area contributed by atoms with Crippen molar-refractivity contribution < 1.29 is 4.79 Å². The second-order valence-corrected chi connectivity index (χ2v) is 7.93. The van der Waals surface area contributed by atoms with Crippen LogP contribution in [0.3, 0.4) is 0 Å². The number of fused-ring (bicyclic) bond motifs is 1. The standard InChI is InChI=1S/C24H22BrN3O/c1-2-6-22-27-23-20(25)9-5-10-21(23)28(22)15-16-11-13-17(14-12-16)18-7-3-4-8-19(18)24(26)29/h3-5,7-14H,2,6,15H2,1H3,(H2,26,29). The van der Waals surface area contributed by atoms with Gasteiger partial charge in [-0.15, -0.1) is 0 Å². The molecule has 4 nitrogen and oxygen atoms in total. The first kappa shape index (κ1) is 19.4. The van der Waals surface area contributed by atoms with Crippen molar-refractivity contribution in [3.8, 4) is 11.1 Å². The number of nitrogens with zero attached hydrogens (tertiary/aromatic N) is 2. The van der Waals surface area contributed by atoms with Gasteiger partial charge in [-0.2, -0.15) is 0 Å². The van der Waals surface area contributed by atoms with Gasteiger partial charge in [0.25, 0.3) is 0 Å². The van der Waals surface area contributed by atoms with Crippen LogP contribution in [0.25, 0.3) is 22.2 Å². The van der Waals surface area contributed by atoms with Gasteiger partial charge in [0.1, 0.15) is 11.3 Å². The van der Waals surface area contributed by atoms with Crippen LogP contribution >= 0.6 is 15.9 Å². The molecule has 1 amide bonds. The highest BCUT2D eigenvalue weighted by atomic mass is 79.9. The van der Waals surface area contributed by atoms with Gasteiger partial charge in [-0.05, 0) is 57.2 Å². The summed E-state index contributed by atoms with van der Waals surface area (Å²) in [5, 5.41) is 0. The molecule has 1 aromatic heterocycles. The lowest BCUT2D eigenvalue weighted by Gasteiger charge is -2.11. The molecule has 0 saturated heterocycles. The second kappa shape index (κ2) is 8.21. The topological polar surface area (TPSA) is 60.9 Å². The average Bonchev–Trinajstić information content (AvgIpc) is 3.07. The van der Waals surface area contributed by atoms with Crippen LogP contribution in [0.4, 0.5) is 0 Å². The molecule has 0 unspecified atom stereocenters. The SMILES string of the molecule is CCCc1nc2c(Br)cccc2n1Cc1ccc(-c2ccccc2C(N)=O)cc1.